The van der Waals surface area contributed by atoms with Crippen LogP contribution in [0.4, 0.5) is 10.1 Å². The van der Waals surface area contributed by atoms with Crippen LogP contribution >= 0.6 is 11.6 Å². The number of amides is 1. The van der Waals surface area contributed by atoms with Crippen LogP contribution in [0.1, 0.15) is 33.9 Å². The normalized spacial score (nSPS) is 17.4. The zero-order valence-corrected chi connectivity index (χ0v) is 19.9. The summed E-state index contributed by atoms with van der Waals surface area (Å²) in [7, 11) is 1.40. The Morgan fingerprint density at radius 1 is 1.00 bits per heavy atom. The first-order valence-electron chi connectivity index (χ1n) is 10.6. The van der Waals surface area contributed by atoms with Gasteiger partial charge in [-0.15, -0.1) is 0 Å². The Labute approximate surface area is 202 Å². The molecule has 34 heavy (non-hydrogen) atoms. The zero-order valence-electron chi connectivity index (χ0n) is 19.1. The molecule has 1 aliphatic heterocycles. The number of methoxy groups -OCH3 is 1. The van der Waals surface area contributed by atoms with Crippen molar-refractivity contribution in [1.82, 2.24) is 0 Å². The molecular weight excluding hydrogens is 457 g/mol. The summed E-state index contributed by atoms with van der Waals surface area (Å²) in [4.78, 5) is 27.9. The molecule has 1 atom stereocenters. The van der Waals surface area contributed by atoms with Crippen molar-refractivity contribution in [1.29, 1.82) is 0 Å². The number of halogens is 2. The van der Waals surface area contributed by atoms with Gasteiger partial charge in [0.2, 0.25) is 0 Å². The molecule has 0 spiro atoms. The lowest BCUT2D eigenvalue weighted by molar-refractivity contribution is -0.132. The summed E-state index contributed by atoms with van der Waals surface area (Å²) in [6, 6.07) is 13.2. The molecule has 0 aromatic heterocycles. The number of anilines is 1. The third kappa shape index (κ3) is 3.94. The van der Waals surface area contributed by atoms with Crippen molar-refractivity contribution in [2.75, 3.05) is 12.0 Å². The number of hydrogen-bond acceptors (Lipinski definition) is 4. The molecular formula is C27H23ClFNO4. The lowest BCUT2D eigenvalue weighted by atomic mass is 9.94. The largest absolute Gasteiger partial charge is 0.507 e. The smallest absolute Gasteiger partial charge is 0.300 e. The molecule has 1 aliphatic rings. The van der Waals surface area contributed by atoms with Crippen molar-refractivity contribution in [2.24, 2.45) is 0 Å². The van der Waals surface area contributed by atoms with Gasteiger partial charge in [0.1, 0.15) is 17.3 Å². The third-order valence-electron chi connectivity index (χ3n) is 6.05. The maximum Gasteiger partial charge on any atom is 0.300 e. The highest BCUT2D eigenvalue weighted by molar-refractivity contribution is 6.51. The Kier molecular flexibility index (Phi) is 6.19. The number of nitrogens with zero attached hydrogens (tertiary/aromatic N) is 1. The molecule has 0 saturated carbocycles. The van der Waals surface area contributed by atoms with Crippen molar-refractivity contribution in [3.63, 3.8) is 0 Å². The summed E-state index contributed by atoms with van der Waals surface area (Å²) < 4.78 is 19.1. The summed E-state index contributed by atoms with van der Waals surface area (Å²) in [5.74, 6) is -2.35. The molecule has 1 amide bonds. The predicted molar refractivity (Wildman–Crippen MR) is 130 cm³/mol. The van der Waals surface area contributed by atoms with E-state index in [1.807, 2.05) is 19.9 Å². The molecule has 174 valence electrons. The van der Waals surface area contributed by atoms with E-state index >= 15 is 0 Å². The average molecular weight is 480 g/mol. The number of ether oxygens (including phenoxy) is 1. The second kappa shape index (κ2) is 8.95. The van der Waals surface area contributed by atoms with Crippen LogP contribution in [0.3, 0.4) is 0 Å². The molecule has 4 rings (SSSR count). The standard InChI is InChI=1S/C27H23ClFNO4/c1-14-11-20(26(34-4)21(28)12-14)24(31)22-23(17-6-8-18(29)9-7-17)30(27(33)25(22)32)19-10-5-15(2)16(3)13-19/h5-13,23,31H,1-4H3/b24-22+. The quantitative estimate of drug-likeness (QED) is 0.281. The number of Topliss-reactive ketones (excluding diaryl/α,β-unsaturated/α-hetero) is 1. The van der Waals surface area contributed by atoms with Crippen LogP contribution in [0.15, 0.2) is 60.2 Å². The maximum atomic E-state index is 13.7. The van der Waals surface area contributed by atoms with Gasteiger partial charge >= 0.3 is 0 Å². The lowest BCUT2D eigenvalue weighted by Gasteiger charge is -2.26. The van der Waals surface area contributed by atoms with Gasteiger partial charge in [-0.05, 0) is 79.4 Å². The molecule has 7 heteroatoms. The minimum absolute atomic E-state index is 0.130. The lowest BCUT2D eigenvalue weighted by Crippen LogP contribution is -2.29. The van der Waals surface area contributed by atoms with Crippen molar-refractivity contribution in [2.45, 2.75) is 26.8 Å². The topological polar surface area (TPSA) is 66.8 Å². The first-order chi connectivity index (χ1) is 16.1. The van der Waals surface area contributed by atoms with Gasteiger partial charge in [-0.2, -0.15) is 0 Å². The first-order valence-corrected chi connectivity index (χ1v) is 11.0. The van der Waals surface area contributed by atoms with E-state index in [2.05, 4.69) is 0 Å². The molecule has 0 bridgehead atoms. The zero-order chi connectivity index (χ0) is 24.7. The Balaban J connectivity index is 2.01. The van der Waals surface area contributed by atoms with Crippen LogP contribution in [0.2, 0.25) is 5.02 Å². The number of aliphatic hydroxyl groups is 1. The van der Waals surface area contributed by atoms with Gasteiger partial charge < -0.3 is 9.84 Å². The van der Waals surface area contributed by atoms with E-state index < -0.39 is 29.3 Å². The molecule has 1 saturated heterocycles. The van der Waals surface area contributed by atoms with Crippen LogP contribution in [0.5, 0.6) is 5.75 Å². The minimum atomic E-state index is -0.980. The van der Waals surface area contributed by atoms with Gasteiger partial charge in [0.25, 0.3) is 11.7 Å². The van der Waals surface area contributed by atoms with Crippen LogP contribution in [0.25, 0.3) is 5.76 Å². The summed E-state index contributed by atoms with van der Waals surface area (Å²) in [5.41, 5.74) is 3.72. The monoisotopic (exact) mass is 479 g/mol. The molecule has 0 aliphatic carbocycles. The Morgan fingerprint density at radius 2 is 1.68 bits per heavy atom. The Hall–Kier alpha value is -3.64. The van der Waals surface area contributed by atoms with E-state index in [1.165, 1.54) is 36.3 Å². The summed E-state index contributed by atoms with van der Waals surface area (Å²) in [6.45, 7) is 5.63. The fraction of sp³-hybridized carbons (Fsp3) is 0.185. The fourth-order valence-electron chi connectivity index (χ4n) is 4.19. The average Bonchev–Trinajstić information content (AvgIpc) is 3.06. The molecule has 0 radical (unpaired) electrons. The molecule has 1 N–H and O–H groups in total. The van der Waals surface area contributed by atoms with Gasteiger partial charge in [-0.25, -0.2) is 4.39 Å². The Bertz CT molecular complexity index is 1350. The summed E-state index contributed by atoms with van der Waals surface area (Å²) in [6.07, 6.45) is 0. The molecule has 3 aromatic rings. The number of benzene rings is 3. The summed E-state index contributed by atoms with van der Waals surface area (Å²) in [5, 5.41) is 11.6. The van der Waals surface area contributed by atoms with Crippen LogP contribution < -0.4 is 9.64 Å². The highest BCUT2D eigenvalue weighted by Crippen LogP contribution is 2.44. The number of carbonyl (C=O) groups is 2. The molecule has 1 fully saturated rings. The van der Waals surface area contributed by atoms with Gasteiger partial charge in [-0.3, -0.25) is 14.5 Å². The number of hydrogen-bond donors (Lipinski definition) is 1. The second-order valence-electron chi connectivity index (χ2n) is 8.32. The van der Waals surface area contributed by atoms with Crippen LogP contribution in [-0.4, -0.2) is 23.9 Å². The first kappa shape index (κ1) is 23.5. The van der Waals surface area contributed by atoms with Gasteiger partial charge in [0, 0.05) is 5.69 Å². The SMILES string of the molecule is COc1c(Cl)cc(C)cc1/C(O)=C1\C(=O)C(=O)N(c2ccc(C)c(C)c2)C1c1ccc(F)cc1. The minimum Gasteiger partial charge on any atom is -0.507 e. The number of aryl methyl sites for hydroxylation is 3. The fourth-order valence-corrected chi connectivity index (χ4v) is 4.54. The summed E-state index contributed by atoms with van der Waals surface area (Å²) >= 11 is 6.32. The highest BCUT2D eigenvalue weighted by Gasteiger charge is 2.47. The molecule has 3 aromatic carbocycles. The van der Waals surface area contributed by atoms with E-state index in [4.69, 9.17) is 16.3 Å². The number of carbonyl (C=O) groups excluding carboxylic acids is 2. The molecule has 5 nitrogen and oxygen atoms in total. The van der Waals surface area contributed by atoms with E-state index in [1.54, 1.807) is 31.2 Å². The van der Waals surface area contributed by atoms with Crippen molar-refractivity contribution < 1.29 is 23.8 Å². The van der Waals surface area contributed by atoms with Crippen LogP contribution in [-0.2, 0) is 9.59 Å². The number of rotatable bonds is 4. The molecule has 1 heterocycles. The van der Waals surface area contributed by atoms with Crippen molar-refractivity contribution in [3.8, 4) is 5.75 Å². The van der Waals surface area contributed by atoms with Gasteiger partial charge in [0.05, 0.1) is 29.3 Å². The van der Waals surface area contributed by atoms with E-state index in [-0.39, 0.29) is 21.9 Å². The number of ketones is 1. The van der Waals surface area contributed by atoms with Gasteiger partial charge in [-0.1, -0.05) is 29.8 Å². The van der Waals surface area contributed by atoms with E-state index in [0.717, 1.165) is 16.7 Å². The molecule has 1 unspecified atom stereocenters. The Morgan fingerprint density at radius 3 is 2.29 bits per heavy atom. The van der Waals surface area contributed by atoms with E-state index in [9.17, 15) is 19.1 Å². The second-order valence-corrected chi connectivity index (χ2v) is 8.72. The van der Waals surface area contributed by atoms with Crippen molar-refractivity contribution in [3.05, 3.63) is 98.8 Å². The van der Waals surface area contributed by atoms with Gasteiger partial charge in [0.15, 0.2) is 0 Å². The highest BCUT2D eigenvalue weighted by atomic mass is 35.5. The van der Waals surface area contributed by atoms with E-state index in [0.29, 0.717) is 11.3 Å². The van der Waals surface area contributed by atoms with Crippen LogP contribution in [0, 0.1) is 26.6 Å². The third-order valence-corrected chi connectivity index (χ3v) is 6.33. The van der Waals surface area contributed by atoms with Crippen molar-refractivity contribution >= 4 is 34.7 Å². The number of aliphatic hydroxyl groups excluding tert-OH is 1. The predicted octanol–water partition coefficient (Wildman–Crippen LogP) is 6.04. The maximum absolute atomic E-state index is 13.7.